The highest BCUT2D eigenvalue weighted by Gasteiger charge is 2.43. The second-order valence-electron chi connectivity index (χ2n) is 7.82. The summed E-state index contributed by atoms with van der Waals surface area (Å²) in [4.78, 5) is 18.3. The summed E-state index contributed by atoms with van der Waals surface area (Å²) in [5, 5.41) is 4.84. The number of thiazole rings is 1. The summed E-state index contributed by atoms with van der Waals surface area (Å²) in [7, 11) is 1.39. The molecule has 0 saturated carbocycles. The van der Waals surface area contributed by atoms with Gasteiger partial charge in [-0.15, -0.1) is 8.78 Å². The van der Waals surface area contributed by atoms with Crippen molar-refractivity contribution in [2.75, 3.05) is 11.9 Å². The monoisotopic (exact) mass is 572 g/mol. The first-order chi connectivity index (χ1) is 17.9. The fourth-order valence-electron chi connectivity index (χ4n) is 3.59. The molecule has 198 valence electrons. The van der Waals surface area contributed by atoms with Crippen molar-refractivity contribution in [1.29, 1.82) is 0 Å². The van der Waals surface area contributed by atoms with Crippen LogP contribution in [0.15, 0.2) is 54.0 Å². The van der Waals surface area contributed by atoms with E-state index in [4.69, 9.17) is 16.3 Å². The van der Waals surface area contributed by atoms with Crippen LogP contribution in [-0.4, -0.2) is 34.0 Å². The molecule has 15 heteroatoms. The lowest BCUT2D eigenvalue weighted by Crippen LogP contribution is -2.26. The number of anilines is 1. The standard InChI is InChI=1S/C23H14ClF5N4O4S/c1-32(13-5-6-16-17(10-13)37-23(28,29)36-16)20(34)12-3-2-4-14(9-12)33-15(11-35-21-30-7-8-38-21)18(24)19(31-33)22(25,26)27/h2-10H,11H2,1H3. The van der Waals surface area contributed by atoms with Crippen molar-refractivity contribution in [3.05, 3.63) is 76.0 Å². The van der Waals surface area contributed by atoms with Crippen molar-refractivity contribution < 1.29 is 41.0 Å². The largest absolute Gasteiger partial charge is 0.586 e. The quantitative estimate of drug-likeness (QED) is 0.257. The van der Waals surface area contributed by atoms with Crippen molar-refractivity contribution in [2.24, 2.45) is 0 Å². The molecule has 0 aliphatic carbocycles. The van der Waals surface area contributed by atoms with E-state index < -0.39 is 29.1 Å². The first-order valence-corrected chi connectivity index (χ1v) is 11.8. The van der Waals surface area contributed by atoms with Crippen molar-refractivity contribution in [3.63, 3.8) is 0 Å². The molecule has 0 bridgehead atoms. The van der Waals surface area contributed by atoms with Crippen molar-refractivity contribution in [2.45, 2.75) is 19.1 Å². The van der Waals surface area contributed by atoms with Crippen LogP contribution in [0.4, 0.5) is 27.6 Å². The fourth-order valence-corrected chi connectivity index (χ4v) is 4.36. The number of alkyl halides is 5. The Morgan fingerprint density at radius 1 is 1.18 bits per heavy atom. The Morgan fingerprint density at radius 2 is 1.95 bits per heavy atom. The molecule has 4 aromatic rings. The van der Waals surface area contributed by atoms with Gasteiger partial charge in [0, 0.05) is 35.9 Å². The Balaban J connectivity index is 1.46. The average Bonchev–Trinajstić information content (AvgIpc) is 3.57. The number of benzene rings is 2. The topological polar surface area (TPSA) is 78.7 Å². The number of ether oxygens (including phenoxy) is 3. The molecular weight excluding hydrogens is 559 g/mol. The Labute approximate surface area is 219 Å². The van der Waals surface area contributed by atoms with E-state index >= 15 is 0 Å². The molecule has 8 nitrogen and oxygen atoms in total. The lowest BCUT2D eigenvalue weighted by molar-refractivity contribution is -0.286. The zero-order chi connectivity index (χ0) is 27.2. The van der Waals surface area contributed by atoms with Gasteiger partial charge in [0.2, 0.25) is 0 Å². The van der Waals surface area contributed by atoms with Crippen molar-refractivity contribution in [3.8, 4) is 22.4 Å². The molecule has 1 aliphatic rings. The van der Waals surface area contributed by atoms with E-state index in [9.17, 15) is 26.7 Å². The van der Waals surface area contributed by atoms with E-state index in [-0.39, 0.29) is 45.9 Å². The van der Waals surface area contributed by atoms with Gasteiger partial charge in [-0.05, 0) is 30.3 Å². The molecule has 5 rings (SSSR count). The fraction of sp³-hybridized carbons (Fsp3) is 0.174. The summed E-state index contributed by atoms with van der Waals surface area (Å²) in [6.45, 7) is -0.380. The second kappa shape index (κ2) is 9.44. The number of nitrogens with zero attached hydrogens (tertiary/aromatic N) is 4. The van der Waals surface area contributed by atoms with Gasteiger partial charge < -0.3 is 19.1 Å². The summed E-state index contributed by atoms with van der Waals surface area (Å²) in [5.74, 6) is -1.03. The van der Waals surface area contributed by atoms with Gasteiger partial charge in [0.05, 0.1) is 10.7 Å². The highest BCUT2D eigenvalue weighted by atomic mass is 35.5. The average molecular weight is 573 g/mol. The molecule has 1 amide bonds. The number of rotatable bonds is 6. The summed E-state index contributed by atoms with van der Waals surface area (Å²) < 4.78 is 82.6. The lowest BCUT2D eigenvalue weighted by atomic mass is 10.1. The molecule has 38 heavy (non-hydrogen) atoms. The molecule has 0 N–H and O–H groups in total. The number of carbonyl (C=O) groups is 1. The summed E-state index contributed by atoms with van der Waals surface area (Å²) >= 11 is 7.19. The highest BCUT2D eigenvalue weighted by Crippen LogP contribution is 2.43. The molecule has 0 radical (unpaired) electrons. The van der Waals surface area contributed by atoms with Crippen LogP contribution >= 0.6 is 22.9 Å². The molecule has 0 spiro atoms. The normalized spacial score (nSPS) is 14.0. The molecule has 1 aliphatic heterocycles. The Kier molecular flexibility index (Phi) is 6.39. The van der Waals surface area contributed by atoms with Gasteiger partial charge in [-0.1, -0.05) is 29.0 Å². The molecule has 3 heterocycles. The number of hydrogen-bond donors (Lipinski definition) is 0. The van der Waals surface area contributed by atoms with Crippen molar-refractivity contribution >= 4 is 34.5 Å². The van der Waals surface area contributed by atoms with Gasteiger partial charge in [-0.2, -0.15) is 18.3 Å². The molecule has 0 unspecified atom stereocenters. The van der Waals surface area contributed by atoms with E-state index in [1.165, 1.54) is 55.7 Å². The van der Waals surface area contributed by atoms with Crippen LogP contribution in [0, 0.1) is 0 Å². The zero-order valence-corrected chi connectivity index (χ0v) is 20.6. The van der Waals surface area contributed by atoms with Gasteiger partial charge in [-0.3, -0.25) is 4.79 Å². The van der Waals surface area contributed by atoms with Gasteiger partial charge in [0.25, 0.3) is 11.1 Å². The Bertz CT molecular complexity index is 1510. The second-order valence-corrected chi connectivity index (χ2v) is 9.05. The molecule has 0 atom stereocenters. The summed E-state index contributed by atoms with van der Waals surface area (Å²) in [6, 6.07) is 9.45. The number of aromatic nitrogens is 3. The first kappa shape index (κ1) is 25.7. The van der Waals surface area contributed by atoms with E-state index in [0.29, 0.717) is 0 Å². The molecule has 0 fully saturated rings. The molecule has 2 aromatic heterocycles. The maximum Gasteiger partial charge on any atom is 0.586 e. The van der Waals surface area contributed by atoms with Crippen molar-refractivity contribution in [1.82, 2.24) is 14.8 Å². The minimum Gasteiger partial charge on any atom is -0.463 e. The van der Waals surface area contributed by atoms with Crippen LogP contribution in [0.25, 0.3) is 5.69 Å². The molecule has 2 aromatic carbocycles. The van der Waals surface area contributed by atoms with E-state index in [1.54, 1.807) is 5.38 Å². The SMILES string of the molecule is CN(C(=O)c1cccc(-n2nc(C(F)(F)F)c(Cl)c2COc2nccs2)c1)c1ccc2c(c1)OC(F)(F)O2. The first-order valence-electron chi connectivity index (χ1n) is 10.6. The Hall–Kier alpha value is -3.91. The summed E-state index contributed by atoms with van der Waals surface area (Å²) in [5.41, 5.74) is -1.05. The third kappa shape index (κ3) is 4.96. The lowest BCUT2D eigenvalue weighted by Gasteiger charge is -2.18. The highest BCUT2D eigenvalue weighted by molar-refractivity contribution is 7.11. The van der Waals surface area contributed by atoms with E-state index in [2.05, 4.69) is 19.6 Å². The van der Waals surface area contributed by atoms with Crippen LogP contribution < -0.4 is 19.1 Å². The maximum absolute atomic E-state index is 13.6. The predicted molar refractivity (Wildman–Crippen MR) is 125 cm³/mol. The molecular formula is C23H14ClF5N4O4S. The predicted octanol–water partition coefficient (Wildman–Crippen LogP) is 6.18. The number of halogens is 6. The zero-order valence-electron chi connectivity index (χ0n) is 19.0. The van der Waals surface area contributed by atoms with Crippen LogP contribution in [0.3, 0.4) is 0 Å². The van der Waals surface area contributed by atoms with Gasteiger partial charge in [0.15, 0.2) is 17.2 Å². The van der Waals surface area contributed by atoms with Crippen LogP contribution in [-0.2, 0) is 12.8 Å². The van der Waals surface area contributed by atoms with E-state index in [1.807, 2.05) is 0 Å². The van der Waals surface area contributed by atoms with E-state index in [0.717, 1.165) is 20.9 Å². The number of fused-ring (bicyclic) bond motifs is 1. The number of hydrogen-bond acceptors (Lipinski definition) is 7. The van der Waals surface area contributed by atoms with Crippen LogP contribution in [0.1, 0.15) is 21.7 Å². The Morgan fingerprint density at radius 3 is 2.66 bits per heavy atom. The molecule has 0 saturated heterocycles. The van der Waals surface area contributed by atoms with Crippen LogP contribution in [0.2, 0.25) is 5.02 Å². The number of amides is 1. The van der Waals surface area contributed by atoms with Gasteiger partial charge >= 0.3 is 12.5 Å². The van der Waals surface area contributed by atoms with Gasteiger partial charge in [-0.25, -0.2) is 9.67 Å². The smallest absolute Gasteiger partial charge is 0.463 e. The number of carbonyl (C=O) groups excluding carboxylic acids is 1. The minimum absolute atomic E-state index is 0.0694. The summed E-state index contributed by atoms with van der Waals surface area (Å²) in [6.07, 6.45) is -7.20. The maximum atomic E-state index is 13.6. The third-order valence-electron chi connectivity index (χ3n) is 5.34. The third-order valence-corrected chi connectivity index (χ3v) is 6.42. The minimum atomic E-state index is -4.85. The van der Waals surface area contributed by atoms with Gasteiger partial charge in [0.1, 0.15) is 12.3 Å². The van der Waals surface area contributed by atoms with Crippen LogP contribution in [0.5, 0.6) is 16.7 Å².